The first-order chi connectivity index (χ1) is 9.92. The van der Waals surface area contributed by atoms with Crippen LogP contribution in [0.25, 0.3) is 0 Å². The maximum atomic E-state index is 12.3. The van der Waals surface area contributed by atoms with Crippen molar-refractivity contribution in [1.29, 1.82) is 5.26 Å². The van der Waals surface area contributed by atoms with Gasteiger partial charge in [0.15, 0.2) is 0 Å². The molecule has 0 radical (unpaired) electrons. The molecule has 1 N–H and O–H groups in total. The van der Waals surface area contributed by atoms with Crippen LogP contribution >= 0.6 is 0 Å². The molecule has 21 heavy (non-hydrogen) atoms. The summed E-state index contributed by atoms with van der Waals surface area (Å²) in [4.78, 5) is 0.184. The van der Waals surface area contributed by atoms with E-state index >= 15 is 0 Å². The molecule has 2 rings (SSSR count). The number of hydrogen-bond donors (Lipinski definition) is 1. The van der Waals surface area contributed by atoms with Crippen LogP contribution in [0.1, 0.15) is 16.7 Å². The van der Waals surface area contributed by atoms with Crippen molar-refractivity contribution in [2.75, 3.05) is 4.72 Å². The van der Waals surface area contributed by atoms with Crippen molar-refractivity contribution in [3.05, 3.63) is 59.2 Å². The Morgan fingerprint density at radius 1 is 1.10 bits per heavy atom. The van der Waals surface area contributed by atoms with Gasteiger partial charge in [-0.25, -0.2) is 8.42 Å². The fraction of sp³-hybridized carbons (Fsp3) is 0.188. The number of aryl methyl sites for hydroxylation is 2. The van der Waals surface area contributed by atoms with Crippen LogP contribution < -0.4 is 4.72 Å². The van der Waals surface area contributed by atoms with Gasteiger partial charge in [-0.3, -0.25) is 4.72 Å². The van der Waals surface area contributed by atoms with Crippen molar-refractivity contribution in [3.63, 3.8) is 0 Å². The predicted molar refractivity (Wildman–Crippen MR) is 82.5 cm³/mol. The number of hydrogen-bond acceptors (Lipinski definition) is 3. The zero-order chi connectivity index (χ0) is 15.5. The highest BCUT2D eigenvalue weighted by Crippen LogP contribution is 2.21. The quantitative estimate of drug-likeness (QED) is 0.942. The SMILES string of the molecule is Cc1ccc(NS(=O)(=O)c2ccc(CC#N)cc2)c(C)c1. The molecule has 0 fully saturated rings. The maximum absolute atomic E-state index is 12.3. The zero-order valence-electron chi connectivity index (χ0n) is 11.9. The highest BCUT2D eigenvalue weighted by Gasteiger charge is 2.15. The Kier molecular flexibility index (Phi) is 4.29. The van der Waals surface area contributed by atoms with Crippen molar-refractivity contribution in [2.24, 2.45) is 0 Å². The van der Waals surface area contributed by atoms with Crippen molar-refractivity contribution in [3.8, 4) is 6.07 Å². The molecule has 0 heterocycles. The van der Waals surface area contributed by atoms with Crippen LogP contribution in [0.2, 0.25) is 0 Å². The van der Waals surface area contributed by atoms with Crippen LogP contribution in [-0.2, 0) is 16.4 Å². The van der Waals surface area contributed by atoms with Gasteiger partial charge < -0.3 is 0 Å². The van der Waals surface area contributed by atoms with Gasteiger partial charge >= 0.3 is 0 Å². The van der Waals surface area contributed by atoms with Crippen molar-refractivity contribution in [2.45, 2.75) is 25.2 Å². The Hall–Kier alpha value is -2.32. The van der Waals surface area contributed by atoms with E-state index in [0.29, 0.717) is 5.69 Å². The summed E-state index contributed by atoms with van der Waals surface area (Å²) < 4.78 is 27.3. The molecule has 0 atom stereocenters. The lowest BCUT2D eigenvalue weighted by Crippen LogP contribution is -2.13. The van der Waals surface area contributed by atoms with Crippen LogP contribution in [0.3, 0.4) is 0 Å². The van der Waals surface area contributed by atoms with Crippen LogP contribution in [0.15, 0.2) is 47.4 Å². The number of anilines is 1. The van der Waals surface area contributed by atoms with Crippen LogP contribution in [0.4, 0.5) is 5.69 Å². The molecule has 108 valence electrons. The van der Waals surface area contributed by atoms with Gasteiger partial charge in [-0.15, -0.1) is 0 Å². The second-order valence-electron chi connectivity index (χ2n) is 4.90. The molecule has 5 heteroatoms. The molecule has 0 aliphatic heterocycles. The Morgan fingerprint density at radius 2 is 1.76 bits per heavy atom. The first-order valence-electron chi connectivity index (χ1n) is 6.48. The first kappa shape index (κ1) is 15.1. The lowest BCUT2D eigenvalue weighted by molar-refractivity contribution is 0.601. The van der Waals surface area contributed by atoms with E-state index in [1.807, 2.05) is 32.0 Å². The Morgan fingerprint density at radius 3 is 2.33 bits per heavy atom. The molecule has 0 saturated carbocycles. The van der Waals surface area contributed by atoms with Crippen LogP contribution in [-0.4, -0.2) is 8.42 Å². The van der Waals surface area contributed by atoms with E-state index in [9.17, 15) is 8.42 Å². The molecule has 0 bridgehead atoms. The second-order valence-corrected chi connectivity index (χ2v) is 6.59. The molecule has 0 aromatic heterocycles. The van der Waals surface area contributed by atoms with Crippen molar-refractivity contribution >= 4 is 15.7 Å². The van der Waals surface area contributed by atoms with Gasteiger partial charge in [-0.1, -0.05) is 29.8 Å². The van der Waals surface area contributed by atoms with Gasteiger partial charge in [0.1, 0.15) is 0 Å². The average Bonchev–Trinajstić information content (AvgIpc) is 2.43. The summed E-state index contributed by atoms with van der Waals surface area (Å²) in [6, 6.07) is 13.9. The van der Waals surface area contributed by atoms with Gasteiger partial charge in [-0.05, 0) is 43.2 Å². The molecule has 0 amide bonds. The third-order valence-electron chi connectivity index (χ3n) is 3.14. The Bertz CT molecular complexity index is 788. The molecule has 0 aliphatic carbocycles. The predicted octanol–water partition coefficient (Wildman–Crippen LogP) is 3.17. The van der Waals surface area contributed by atoms with E-state index in [1.54, 1.807) is 18.2 Å². The van der Waals surface area contributed by atoms with E-state index in [2.05, 4.69) is 4.72 Å². The fourth-order valence-corrected chi connectivity index (χ4v) is 3.14. The molecule has 2 aromatic carbocycles. The molecule has 0 aliphatic rings. The van der Waals surface area contributed by atoms with Gasteiger partial charge in [0.05, 0.1) is 23.1 Å². The van der Waals surface area contributed by atoms with E-state index in [1.165, 1.54) is 12.1 Å². The summed E-state index contributed by atoms with van der Waals surface area (Å²) in [5, 5.41) is 8.62. The first-order valence-corrected chi connectivity index (χ1v) is 7.96. The van der Waals surface area contributed by atoms with E-state index in [4.69, 9.17) is 5.26 Å². The number of sulfonamides is 1. The standard InChI is InChI=1S/C16H16N2O2S/c1-12-3-8-16(13(2)11-12)18-21(19,20)15-6-4-14(5-7-15)9-10-17/h3-8,11,18H,9H2,1-2H3. The minimum Gasteiger partial charge on any atom is -0.279 e. The molecule has 0 unspecified atom stereocenters. The summed E-state index contributed by atoms with van der Waals surface area (Å²) in [5.41, 5.74) is 3.32. The fourth-order valence-electron chi connectivity index (χ4n) is 2.01. The van der Waals surface area contributed by atoms with Gasteiger partial charge in [0.25, 0.3) is 10.0 Å². The smallest absolute Gasteiger partial charge is 0.261 e. The molecule has 0 spiro atoms. The third kappa shape index (κ3) is 3.61. The van der Waals surface area contributed by atoms with Crippen LogP contribution in [0, 0.1) is 25.2 Å². The van der Waals surface area contributed by atoms with E-state index in [-0.39, 0.29) is 11.3 Å². The van der Waals surface area contributed by atoms with E-state index < -0.39 is 10.0 Å². The number of nitrogens with one attached hydrogen (secondary N) is 1. The monoisotopic (exact) mass is 300 g/mol. The molecule has 4 nitrogen and oxygen atoms in total. The van der Waals surface area contributed by atoms with Gasteiger partial charge in [0, 0.05) is 0 Å². The summed E-state index contributed by atoms with van der Waals surface area (Å²) in [5.74, 6) is 0. The normalized spacial score (nSPS) is 10.9. The maximum Gasteiger partial charge on any atom is 0.261 e. The summed E-state index contributed by atoms with van der Waals surface area (Å²) in [6.07, 6.45) is 0.269. The second kappa shape index (κ2) is 5.98. The Balaban J connectivity index is 2.27. The van der Waals surface area contributed by atoms with Crippen molar-refractivity contribution in [1.82, 2.24) is 0 Å². The topological polar surface area (TPSA) is 70.0 Å². The number of nitrogens with zero attached hydrogens (tertiary/aromatic N) is 1. The number of benzene rings is 2. The third-order valence-corrected chi connectivity index (χ3v) is 4.52. The van der Waals surface area contributed by atoms with Crippen LogP contribution in [0.5, 0.6) is 0 Å². The number of rotatable bonds is 4. The van der Waals surface area contributed by atoms with Gasteiger partial charge in [0.2, 0.25) is 0 Å². The zero-order valence-corrected chi connectivity index (χ0v) is 12.7. The lowest BCUT2D eigenvalue weighted by Gasteiger charge is -2.11. The summed E-state index contributed by atoms with van der Waals surface area (Å²) in [6.45, 7) is 3.82. The van der Waals surface area contributed by atoms with E-state index in [0.717, 1.165) is 16.7 Å². The lowest BCUT2D eigenvalue weighted by atomic mass is 10.1. The highest BCUT2D eigenvalue weighted by molar-refractivity contribution is 7.92. The highest BCUT2D eigenvalue weighted by atomic mass is 32.2. The van der Waals surface area contributed by atoms with Gasteiger partial charge in [-0.2, -0.15) is 5.26 Å². The average molecular weight is 300 g/mol. The molecule has 0 saturated heterocycles. The molecular weight excluding hydrogens is 284 g/mol. The minimum atomic E-state index is -3.61. The molecule has 2 aromatic rings. The summed E-state index contributed by atoms with van der Waals surface area (Å²) >= 11 is 0. The summed E-state index contributed by atoms with van der Waals surface area (Å²) in [7, 11) is -3.61. The van der Waals surface area contributed by atoms with Crippen molar-refractivity contribution < 1.29 is 8.42 Å². The molecular formula is C16H16N2O2S. The number of nitriles is 1. The largest absolute Gasteiger partial charge is 0.279 e. The Labute approximate surface area is 125 Å². The minimum absolute atomic E-state index is 0.184.